The Hall–Kier alpha value is -2.89. The summed E-state index contributed by atoms with van der Waals surface area (Å²) >= 11 is 0. The number of hydrogen-bond acceptors (Lipinski definition) is 5. The van der Waals surface area contributed by atoms with Crippen LogP contribution in [0, 0.1) is 0 Å². The molecule has 2 aliphatic rings. The average Bonchev–Trinajstić information content (AvgIpc) is 2.77. The smallest absolute Gasteiger partial charge is 0.242 e. The summed E-state index contributed by atoms with van der Waals surface area (Å²) in [6, 6.07) is 10.1. The Labute approximate surface area is 172 Å². The first-order valence-corrected chi connectivity index (χ1v) is 10.1. The molecule has 0 fully saturated rings. The molecule has 6 heteroatoms. The maximum absolute atomic E-state index is 13.2. The first-order valence-electron chi connectivity index (χ1n) is 10.1. The Morgan fingerprint density at radius 2 is 1.62 bits per heavy atom. The molecular formula is C23H28N2O4. The maximum Gasteiger partial charge on any atom is 0.242 e. The third-order valence-electron chi connectivity index (χ3n) is 5.89. The van der Waals surface area contributed by atoms with E-state index in [1.807, 2.05) is 29.2 Å². The highest BCUT2D eigenvalue weighted by Crippen LogP contribution is 2.36. The summed E-state index contributed by atoms with van der Waals surface area (Å²) in [4.78, 5) is 17.3. The summed E-state index contributed by atoms with van der Waals surface area (Å²) in [6.45, 7) is 2.56. The number of hydrogen-bond donors (Lipinski definition) is 0. The van der Waals surface area contributed by atoms with Crippen LogP contribution in [0.25, 0.3) is 0 Å². The summed E-state index contributed by atoms with van der Waals surface area (Å²) in [5.41, 5.74) is 4.66. The lowest BCUT2D eigenvalue weighted by molar-refractivity contribution is -0.130. The highest BCUT2D eigenvalue weighted by atomic mass is 16.5. The van der Waals surface area contributed by atoms with Crippen molar-refractivity contribution in [3.05, 3.63) is 47.0 Å². The molecule has 0 N–H and O–H groups in total. The SMILES string of the molecule is COc1cc2c(cc1OC)CN(C(=O)CN1CCCc3cccc(OC)c31)CC2. The van der Waals surface area contributed by atoms with Gasteiger partial charge in [-0.3, -0.25) is 4.79 Å². The van der Waals surface area contributed by atoms with Crippen LogP contribution in [0.4, 0.5) is 5.69 Å². The lowest BCUT2D eigenvalue weighted by atomic mass is 9.98. The van der Waals surface area contributed by atoms with Gasteiger partial charge in [0.15, 0.2) is 11.5 Å². The third-order valence-corrected chi connectivity index (χ3v) is 5.89. The zero-order valence-electron chi connectivity index (χ0n) is 17.4. The number of carbonyl (C=O) groups excluding carboxylic acids is 1. The molecule has 0 aromatic heterocycles. The molecule has 0 bridgehead atoms. The van der Waals surface area contributed by atoms with Gasteiger partial charge in [-0.1, -0.05) is 12.1 Å². The number of methoxy groups -OCH3 is 3. The van der Waals surface area contributed by atoms with Crippen LogP contribution < -0.4 is 19.1 Å². The summed E-state index contributed by atoms with van der Waals surface area (Å²) in [5.74, 6) is 2.43. The van der Waals surface area contributed by atoms with Crippen molar-refractivity contribution in [1.82, 2.24) is 4.90 Å². The van der Waals surface area contributed by atoms with E-state index in [1.165, 1.54) is 11.1 Å². The second-order valence-corrected chi connectivity index (χ2v) is 7.53. The normalized spacial score (nSPS) is 15.4. The van der Waals surface area contributed by atoms with E-state index >= 15 is 0 Å². The Morgan fingerprint density at radius 1 is 0.897 bits per heavy atom. The van der Waals surface area contributed by atoms with Crippen LogP contribution in [0.15, 0.2) is 30.3 Å². The molecule has 0 saturated carbocycles. The second kappa shape index (κ2) is 8.23. The standard InChI is InChI=1S/C23H28N2O4/c1-27-19-8-4-6-16-7-5-10-25(23(16)19)15-22(26)24-11-9-17-12-20(28-2)21(29-3)13-18(17)14-24/h4,6,8,12-13H,5,7,9-11,14-15H2,1-3H3. The highest BCUT2D eigenvalue weighted by molar-refractivity contribution is 5.83. The van der Waals surface area contributed by atoms with Gasteiger partial charge in [0.25, 0.3) is 0 Å². The first-order chi connectivity index (χ1) is 14.1. The summed E-state index contributed by atoms with van der Waals surface area (Å²) in [6.07, 6.45) is 2.89. The van der Waals surface area contributed by atoms with Gasteiger partial charge in [0.1, 0.15) is 5.75 Å². The molecule has 0 spiro atoms. The number of amides is 1. The fraction of sp³-hybridized carbons (Fsp3) is 0.435. The molecular weight excluding hydrogens is 368 g/mol. The van der Waals surface area contributed by atoms with Crippen molar-refractivity contribution in [3.63, 3.8) is 0 Å². The van der Waals surface area contributed by atoms with E-state index in [2.05, 4.69) is 11.0 Å². The van der Waals surface area contributed by atoms with Crippen LogP contribution in [0.2, 0.25) is 0 Å². The van der Waals surface area contributed by atoms with Gasteiger partial charge in [-0.25, -0.2) is 0 Å². The van der Waals surface area contributed by atoms with Crippen molar-refractivity contribution in [3.8, 4) is 17.2 Å². The number of aryl methyl sites for hydroxylation is 1. The lowest BCUT2D eigenvalue weighted by Crippen LogP contribution is -2.44. The van der Waals surface area contributed by atoms with Crippen LogP contribution in [-0.4, -0.2) is 51.8 Å². The van der Waals surface area contributed by atoms with E-state index in [-0.39, 0.29) is 5.91 Å². The molecule has 29 heavy (non-hydrogen) atoms. The quantitative estimate of drug-likeness (QED) is 0.778. The molecule has 0 saturated heterocycles. The summed E-state index contributed by atoms with van der Waals surface area (Å²) in [7, 11) is 4.97. The van der Waals surface area contributed by atoms with Crippen molar-refractivity contribution in [1.29, 1.82) is 0 Å². The minimum Gasteiger partial charge on any atom is -0.495 e. The van der Waals surface area contributed by atoms with Gasteiger partial charge in [-0.05, 0) is 54.2 Å². The van der Waals surface area contributed by atoms with E-state index in [0.717, 1.165) is 48.6 Å². The van der Waals surface area contributed by atoms with E-state index < -0.39 is 0 Å². The number of benzene rings is 2. The fourth-order valence-corrected chi connectivity index (χ4v) is 4.38. The van der Waals surface area contributed by atoms with Gasteiger partial charge >= 0.3 is 0 Å². The Morgan fingerprint density at radius 3 is 2.34 bits per heavy atom. The molecule has 0 radical (unpaired) electrons. The number of ether oxygens (including phenoxy) is 3. The molecule has 1 amide bonds. The monoisotopic (exact) mass is 396 g/mol. The molecule has 2 heterocycles. The maximum atomic E-state index is 13.2. The number of rotatable bonds is 5. The van der Waals surface area contributed by atoms with Crippen molar-refractivity contribution in [2.24, 2.45) is 0 Å². The molecule has 4 rings (SSSR count). The predicted octanol–water partition coefficient (Wildman–Crippen LogP) is 3.05. The summed E-state index contributed by atoms with van der Waals surface area (Å²) < 4.78 is 16.4. The number of carbonyl (C=O) groups is 1. The average molecular weight is 396 g/mol. The van der Waals surface area contributed by atoms with E-state index in [1.54, 1.807) is 21.3 Å². The number of nitrogens with zero attached hydrogens (tertiary/aromatic N) is 2. The second-order valence-electron chi connectivity index (χ2n) is 7.53. The number of para-hydroxylation sites is 1. The fourth-order valence-electron chi connectivity index (χ4n) is 4.38. The largest absolute Gasteiger partial charge is 0.495 e. The van der Waals surface area contributed by atoms with Crippen LogP contribution in [0.1, 0.15) is 23.1 Å². The molecule has 6 nitrogen and oxygen atoms in total. The van der Waals surface area contributed by atoms with Crippen LogP contribution in [0.3, 0.4) is 0 Å². The van der Waals surface area contributed by atoms with Gasteiger partial charge in [0.2, 0.25) is 5.91 Å². The van der Waals surface area contributed by atoms with Crippen molar-refractivity contribution in [2.45, 2.75) is 25.8 Å². The zero-order chi connectivity index (χ0) is 20.4. The van der Waals surface area contributed by atoms with E-state index in [0.29, 0.717) is 25.4 Å². The van der Waals surface area contributed by atoms with Crippen LogP contribution >= 0.6 is 0 Å². The van der Waals surface area contributed by atoms with Gasteiger partial charge in [0, 0.05) is 19.6 Å². The Kier molecular flexibility index (Phi) is 5.51. The van der Waals surface area contributed by atoms with Crippen LogP contribution in [-0.2, 0) is 24.2 Å². The molecule has 2 aromatic carbocycles. The molecule has 2 aliphatic heterocycles. The number of anilines is 1. The topological polar surface area (TPSA) is 51.2 Å². The van der Waals surface area contributed by atoms with Gasteiger partial charge in [-0.2, -0.15) is 0 Å². The first kappa shape index (κ1) is 19.4. The minimum atomic E-state index is 0.143. The molecule has 154 valence electrons. The molecule has 2 aromatic rings. The van der Waals surface area contributed by atoms with Crippen LogP contribution in [0.5, 0.6) is 17.2 Å². The van der Waals surface area contributed by atoms with E-state index in [4.69, 9.17) is 14.2 Å². The molecule has 0 aliphatic carbocycles. The van der Waals surface area contributed by atoms with Gasteiger partial charge in [-0.15, -0.1) is 0 Å². The third kappa shape index (κ3) is 3.71. The van der Waals surface area contributed by atoms with Crippen molar-refractivity contribution < 1.29 is 19.0 Å². The van der Waals surface area contributed by atoms with Gasteiger partial charge in [0.05, 0.1) is 33.6 Å². The summed E-state index contributed by atoms with van der Waals surface area (Å²) in [5, 5.41) is 0. The highest BCUT2D eigenvalue weighted by Gasteiger charge is 2.27. The molecule has 0 atom stereocenters. The van der Waals surface area contributed by atoms with Crippen molar-refractivity contribution >= 4 is 11.6 Å². The zero-order valence-corrected chi connectivity index (χ0v) is 17.4. The van der Waals surface area contributed by atoms with E-state index in [9.17, 15) is 4.79 Å². The number of fused-ring (bicyclic) bond motifs is 2. The minimum absolute atomic E-state index is 0.143. The van der Waals surface area contributed by atoms with Gasteiger partial charge < -0.3 is 24.0 Å². The van der Waals surface area contributed by atoms with Crippen molar-refractivity contribution in [2.75, 3.05) is 45.9 Å². The molecule has 0 unspecified atom stereocenters. The Bertz CT molecular complexity index is 898. The predicted molar refractivity (Wildman–Crippen MR) is 112 cm³/mol. The Balaban J connectivity index is 1.52. The lowest BCUT2D eigenvalue weighted by Gasteiger charge is -2.35.